The van der Waals surface area contributed by atoms with E-state index in [0.29, 0.717) is 43.4 Å². The van der Waals surface area contributed by atoms with Gasteiger partial charge in [0.15, 0.2) is 18.1 Å². The summed E-state index contributed by atoms with van der Waals surface area (Å²) in [4.78, 5) is 19.9. The zero-order chi connectivity index (χ0) is 21.6. The maximum absolute atomic E-state index is 12.3. The van der Waals surface area contributed by atoms with E-state index in [1.807, 2.05) is 12.1 Å². The number of hydrogen-bond donors (Lipinski definition) is 0. The molecule has 31 heavy (non-hydrogen) atoms. The maximum Gasteiger partial charge on any atom is 0.260 e. The van der Waals surface area contributed by atoms with Gasteiger partial charge in [-0.15, -0.1) is 11.3 Å². The lowest BCUT2D eigenvalue weighted by atomic mass is 9.96. The Morgan fingerprint density at radius 2 is 2.10 bits per heavy atom. The molecule has 1 saturated heterocycles. The largest absolute Gasteiger partial charge is 0.493 e. The third-order valence-electron chi connectivity index (χ3n) is 5.50. The average Bonchev–Trinajstić information content (AvgIpc) is 3.19. The van der Waals surface area contributed by atoms with Crippen molar-refractivity contribution in [2.75, 3.05) is 40.0 Å². The lowest BCUT2D eigenvalue weighted by molar-refractivity contribution is -0.137. The van der Waals surface area contributed by atoms with Gasteiger partial charge in [-0.25, -0.2) is 4.99 Å². The lowest BCUT2D eigenvalue weighted by Gasteiger charge is -2.26. The number of morpholine rings is 1. The summed E-state index contributed by atoms with van der Waals surface area (Å²) in [6, 6.07) is 7.79. The van der Waals surface area contributed by atoms with Crippen LogP contribution in [0, 0.1) is 11.3 Å². The molecule has 1 aliphatic carbocycles. The highest BCUT2D eigenvalue weighted by atomic mass is 32.1. The second kappa shape index (κ2) is 9.94. The Balaban J connectivity index is 1.45. The number of carbonyl (C=O) groups excluding carboxylic acids is 1. The second-order valence-corrected chi connectivity index (χ2v) is 8.54. The topological polar surface area (TPSA) is 84.2 Å². The number of rotatable bonds is 6. The number of amides is 1. The predicted molar refractivity (Wildman–Crippen MR) is 119 cm³/mol. The standard InChI is InChI=1S/C23H25N3O4S/c1-28-20-12-16(6-7-19(20)30-15-22(27)26-8-10-29-11-9-26)14-25-23-18(13-24)17-4-2-3-5-21(17)31-23/h6-7,12,14H,2-5,8-11,15H2,1H3. The molecular weight excluding hydrogens is 414 g/mol. The zero-order valence-electron chi connectivity index (χ0n) is 17.6. The third kappa shape index (κ3) is 4.89. The Hall–Kier alpha value is -2.89. The summed E-state index contributed by atoms with van der Waals surface area (Å²) in [6.07, 6.45) is 6.05. The van der Waals surface area contributed by atoms with Crippen molar-refractivity contribution in [2.45, 2.75) is 25.7 Å². The van der Waals surface area contributed by atoms with Crippen LogP contribution < -0.4 is 9.47 Å². The highest BCUT2D eigenvalue weighted by Gasteiger charge is 2.20. The van der Waals surface area contributed by atoms with Gasteiger partial charge in [0.05, 0.1) is 25.9 Å². The van der Waals surface area contributed by atoms with Crippen molar-refractivity contribution in [3.63, 3.8) is 0 Å². The van der Waals surface area contributed by atoms with Crippen LogP contribution in [0.2, 0.25) is 0 Å². The Labute approximate surface area is 185 Å². The fourth-order valence-corrected chi connectivity index (χ4v) is 5.00. The maximum atomic E-state index is 12.3. The first-order valence-electron chi connectivity index (χ1n) is 10.4. The van der Waals surface area contributed by atoms with Crippen LogP contribution in [0.3, 0.4) is 0 Å². The van der Waals surface area contributed by atoms with E-state index in [-0.39, 0.29) is 12.5 Å². The molecule has 1 fully saturated rings. The number of aliphatic imine (C=N–C) groups is 1. The van der Waals surface area contributed by atoms with Crippen LogP contribution >= 0.6 is 11.3 Å². The summed E-state index contributed by atoms with van der Waals surface area (Å²) in [5.41, 5.74) is 2.72. The molecule has 0 N–H and O–H groups in total. The van der Waals surface area contributed by atoms with Gasteiger partial charge >= 0.3 is 0 Å². The minimum absolute atomic E-state index is 0.0456. The molecule has 0 unspecified atom stereocenters. The molecule has 0 bridgehead atoms. The molecule has 1 aliphatic heterocycles. The molecule has 0 spiro atoms. The molecule has 1 aromatic heterocycles. The summed E-state index contributed by atoms with van der Waals surface area (Å²) in [6.45, 7) is 2.25. The molecule has 0 atom stereocenters. The highest BCUT2D eigenvalue weighted by molar-refractivity contribution is 7.16. The molecule has 0 radical (unpaired) electrons. The number of aryl methyl sites for hydroxylation is 1. The summed E-state index contributed by atoms with van der Waals surface area (Å²) < 4.78 is 16.4. The van der Waals surface area contributed by atoms with Gasteiger partial charge in [0.25, 0.3) is 5.91 Å². The number of methoxy groups -OCH3 is 1. The fourth-order valence-electron chi connectivity index (χ4n) is 3.82. The minimum Gasteiger partial charge on any atom is -0.493 e. The Morgan fingerprint density at radius 1 is 1.29 bits per heavy atom. The minimum atomic E-state index is -0.0679. The molecule has 0 saturated carbocycles. The molecular formula is C23H25N3O4S. The van der Waals surface area contributed by atoms with Gasteiger partial charge in [0.1, 0.15) is 11.1 Å². The smallest absolute Gasteiger partial charge is 0.260 e. The second-order valence-electron chi connectivity index (χ2n) is 7.45. The van der Waals surface area contributed by atoms with Gasteiger partial charge in [-0.05, 0) is 55.0 Å². The average molecular weight is 440 g/mol. The van der Waals surface area contributed by atoms with Crippen molar-refractivity contribution in [3.8, 4) is 17.6 Å². The molecule has 7 nitrogen and oxygen atoms in total. The molecule has 2 aliphatic rings. The van der Waals surface area contributed by atoms with E-state index >= 15 is 0 Å². The highest BCUT2D eigenvalue weighted by Crippen LogP contribution is 2.39. The number of hydrogen-bond acceptors (Lipinski definition) is 7. The quantitative estimate of drug-likeness (QED) is 0.644. The molecule has 4 rings (SSSR count). The Kier molecular flexibility index (Phi) is 6.85. The third-order valence-corrected chi connectivity index (χ3v) is 6.70. The van der Waals surface area contributed by atoms with E-state index in [4.69, 9.17) is 14.2 Å². The Bertz CT molecular complexity index is 1020. The van der Waals surface area contributed by atoms with Gasteiger partial charge in [-0.3, -0.25) is 4.79 Å². The van der Waals surface area contributed by atoms with Crippen LogP contribution in [-0.4, -0.2) is 57.0 Å². The molecule has 8 heteroatoms. The van der Waals surface area contributed by atoms with Gasteiger partial charge < -0.3 is 19.1 Å². The van der Waals surface area contributed by atoms with Gasteiger partial charge in [-0.1, -0.05) is 0 Å². The fraction of sp³-hybridized carbons (Fsp3) is 0.435. The van der Waals surface area contributed by atoms with Crippen molar-refractivity contribution in [1.29, 1.82) is 5.26 Å². The Morgan fingerprint density at radius 3 is 2.87 bits per heavy atom. The summed E-state index contributed by atoms with van der Waals surface area (Å²) in [7, 11) is 1.56. The number of thiophene rings is 1. The summed E-state index contributed by atoms with van der Waals surface area (Å²) >= 11 is 1.62. The number of carbonyl (C=O) groups is 1. The SMILES string of the molecule is COc1cc(C=Nc2sc3c(c2C#N)CCCC3)ccc1OCC(=O)N1CCOCC1. The number of ether oxygens (including phenoxy) is 3. The van der Waals surface area contributed by atoms with Crippen LogP contribution in [-0.2, 0) is 22.4 Å². The van der Waals surface area contributed by atoms with Gasteiger partial charge in [0.2, 0.25) is 0 Å². The first-order chi connectivity index (χ1) is 15.2. The normalized spacial score (nSPS) is 16.1. The van der Waals surface area contributed by atoms with Crippen molar-refractivity contribution in [3.05, 3.63) is 39.8 Å². The molecule has 2 heterocycles. The number of benzene rings is 1. The first kappa shape index (κ1) is 21.3. The van der Waals surface area contributed by atoms with E-state index in [0.717, 1.165) is 29.8 Å². The number of nitriles is 1. The van der Waals surface area contributed by atoms with Crippen LogP contribution in [0.5, 0.6) is 11.5 Å². The van der Waals surface area contributed by atoms with Crippen molar-refractivity contribution >= 4 is 28.5 Å². The number of nitrogens with zero attached hydrogens (tertiary/aromatic N) is 3. The monoisotopic (exact) mass is 439 g/mol. The first-order valence-corrected chi connectivity index (χ1v) is 11.3. The van der Waals surface area contributed by atoms with Crippen LogP contribution in [0.4, 0.5) is 5.00 Å². The van der Waals surface area contributed by atoms with E-state index in [2.05, 4.69) is 11.1 Å². The van der Waals surface area contributed by atoms with Crippen molar-refractivity contribution in [2.24, 2.45) is 4.99 Å². The van der Waals surface area contributed by atoms with E-state index in [9.17, 15) is 10.1 Å². The van der Waals surface area contributed by atoms with Crippen molar-refractivity contribution < 1.29 is 19.0 Å². The number of fused-ring (bicyclic) bond motifs is 1. The van der Waals surface area contributed by atoms with Gasteiger partial charge in [-0.2, -0.15) is 5.26 Å². The van der Waals surface area contributed by atoms with E-state index < -0.39 is 0 Å². The molecule has 1 aromatic carbocycles. The predicted octanol–water partition coefficient (Wildman–Crippen LogP) is 3.50. The van der Waals surface area contributed by atoms with Gasteiger partial charge in [0, 0.05) is 24.2 Å². The molecule has 2 aromatic rings. The van der Waals surface area contributed by atoms with Crippen LogP contribution in [0.1, 0.15) is 34.4 Å². The zero-order valence-corrected chi connectivity index (χ0v) is 18.4. The van der Waals surface area contributed by atoms with E-state index in [1.165, 1.54) is 16.9 Å². The molecule has 162 valence electrons. The van der Waals surface area contributed by atoms with Crippen molar-refractivity contribution in [1.82, 2.24) is 4.90 Å². The lowest BCUT2D eigenvalue weighted by Crippen LogP contribution is -2.43. The van der Waals surface area contributed by atoms with Crippen LogP contribution in [0.15, 0.2) is 23.2 Å². The summed E-state index contributed by atoms with van der Waals surface area (Å²) in [5.74, 6) is 0.969. The summed E-state index contributed by atoms with van der Waals surface area (Å²) in [5, 5.41) is 10.4. The van der Waals surface area contributed by atoms with E-state index in [1.54, 1.807) is 35.6 Å². The molecule has 1 amide bonds. The van der Waals surface area contributed by atoms with Crippen LogP contribution in [0.25, 0.3) is 0 Å².